The van der Waals surface area contributed by atoms with Crippen LogP contribution in [0.2, 0.25) is 39.3 Å². The molecular formula is C16H26N2O2Si2. The predicted molar refractivity (Wildman–Crippen MR) is 97.6 cm³/mol. The lowest BCUT2D eigenvalue weighted by molar-refractivity contribution is -0.111. The lowest BCUT2D eigenvalue weighted by atomic mass is 10.1. The Hall–Kier alpha value is -1.41. The van der Waals surface area contributed by atoms with Crippen LogP contribution in [0.25, 0.3) is 0 Å². The largest absolute Gasteiger partial charge is 0.455 e. The van der Waals surface area contributed by atoms with Gasteiger partial charge in [-0.15, -0.1) is 0 Å². The highest BCUT2D eigenvalue weighted by atomic mass is 28.4. The van der Waals surface area contributed by atoms with Gasteiger partial charge in [-0.25, -0.2) is 0 Å². The third-order valence-corrected chi connectivity index (χ3v) is 5.88. The molecule has 1 aromatic carbocycles. The van der Waals surface area contributed by atoms with Gasteiger partial charge < -0.3 is 9.09 Å². The zero-order chi connectivity index (χ0) is 16.7. The number of rotatable bonds is 4. The summed E-state index contributed by atoms with van der Waals surface area (Å²) in [6.07, 6.45) is 0.941. The first-order chi connectivity index (χ1) is 10.0. The van der Waals surface area contributed by atoms with Crippen molar-refractivity contribution in [3.05, 3.63) is 29.3 Å². The first kappa shape index (κ1) is 17.0. The molecule has 0 unspecified atom stereocenters. The van der Waals surface area contributed by atoms with Crippen molar-refractivity contribution in [1.29, 1.82) is 0 Å². The number of benzene rings is 1. The number of fused-ring (bicyclic) bond motifs is 1. The van der Waals surface area contributed by atoms with Crippen LogP contribution in [0.1, 0.15) is 18.1 Å². The van der Waals surface area contributed by atoms with Crippen molar-refractivity contribution in [1.82, 2.24) is 0 Å². The van der Waals surface area contributed by atoms with Gasteiger partial charge in [0.1, 0.15) is 0 Å². The van der Waals surface area contributed by atoms with Gasteiger partial charge >= 0.3 is 0 Å². The van der Waals surface area contributed by atoms with Crippen LogP contribution in [0.3, 0.4) is 0 Å². The summed E-state index contributed by atoms with van der Waals surface area (Å²) in [5, 5.41) is 4.27. The Morgan fingerprint density at radius 1 is 1.14 bits per heavy atom. The number of carbonyl (C=O) groups excluding carboxylic acids is 1. The molecule has 6 heteroatoms. The number of aryl methyl sites for hydroxylation is 1. The van der Waals surface area contributed by atoms with Crippen LogP contribution in [0.5, 0.6) is 0 Å². The molecule has 0 aromatic heterocycles. The number of nitrogens with zero attached hydrogens (tertiary/aromatic N) is 2. The van der Waals surface area contributed by atoms with Gasteiger partial charge in [-0.05, 0) is 43.8 Å². The number of hydrogen-bond donors (Lipinski definition) is 0. The zero-order valence-electron chi connectivity index (χ0n) is 14.7. The maximum Gasteiger partial charge on any atom is 0.278 e. The molecule has 1 amide bonds. The Labute approximate surface area is 135 Å². The predicted octanol–water partition coefficient (Wildman–Crippen LogP) is 3.99. The second kappa shape index (κ2) is 5.66. The lowest BCUT2D eigenvalue weighted by Crippen LogP contribution is -2.49. The van der Waals surface area contributed by atoms with Crippen LogP contribution in [-0.2, 0) is 15.7 Å². The molecular weight excluding hydrogens is 308 g/mol. The van der Waals surface area contributed by atoms with E-state index < -0.39 is 16.6 Å². The first-order valence-electron chi connectivity index (χ1n) is 7.78. The molecule has 4 nitrogen and oxygen atoms in total. The molecule has 22 heavy (non-hydrogen) atoms. The fourth-order valence-corrected chi connectivity index (χ4v) is 4.45. The van der Waals surface area contributed by atoms with Gasteiger partial charge in [0.2, 0.25) is 0 Å². The van der Waals surface area contributed by atoms with Crippen molar-refractivity contribution in [3.63, 3.8) is 0 Å². The topological polar surface area (TPSA) is 41.9 Å². The van der Waals surface area contributed by atoms with Crippen molar-refractivity contribution in [3.8, 4) is 0 Å². The quantitative estimate of drug-likeness (QED) is 0.617. The van der Waals surface area contributed by atoms with E-state index in [1.54, 1.807) is 0 Å². The average molecular weight is 335 g/mol. The standard InChI is InChI=1S/C16H26N2O2Si2/c1-8-12-9-10-14-13(11-12)15(17-20-22(5,6)7)16(19)18(14)21(2,3)4/h9-11H,8H2,1-7H3/b17-15+. The Kier molecular flexibility index (Phi) is 4.36. The van der Waals surface area contributed by atoms with E-state index in [2.05, 4.69) is 69.6 Å². The monoisotopic (exact) mass is 334 g/mol. The third-order valence-electron chi connectivity index (χ3n) is 3.45. The van der Waals surface area contributed by atoms with Crippen molar-refractivity contribution >= 4 is 33.9 Å². The van der Waals surface area contributed by atoms with Gasteiger partial charge in [-0.3, -0.25) is 4.79 Å². The Balaban J connectivity index is 2.56. The molecule has 0 saturated heterocycles. The summed E-state index contributed by atoms with van der Waals surface area (Å²) >= 11 is 0. The SMILES string of the molecule is CCc1ccc2c(c1)/C(=N\O[Si](C)(C)C)C(=O)N2[Si](C)(C)C. The average Bonchev–Trinajstić information content (AvgIpc) is 2.65. The maximum absolute atomic E-state index is 12.9. The van der Waals surface area contributed by atoms with Gasteiger partial charge in [0.15, 0.2) is 13.9 Å². The first-order valence-corrected chi connectivity index (χ1v) is 14.6. The Bertz CT molecular complexity index is 628. The Morgan fingerprint density at radius 2 is 1.77 bits per heavy atom. The van der Waals surface area contributed by atoms with E-state index in [1.165, 1.54) is 5.56 Å². The van der Waals surface area contributed by atoms with E-state index in [-0.39, 0.29) is 5.91 Å². The van der Waals surface area contributed by atoms with Crippen LogP contribution < -0.4 is 4.57 Å². The zero-order valence-corrected chi connectivity index (χ0v) is 16.7. The van der Waals surface area contributed by atoms with Gasteiger partial charge in [0.05, 0.1) is 0 Å². The van der Waals surface area contributed by atoms with E-state index in [4.69, 9.17) is 4.53 Å². The normalized spacial score (nSPS) is 17.1. The fourth-order valence-electron chi connectivity index (χ4n) is 2.46. The van der Waals surface area contributed by atoms with Crippen molar-refractivity contribution < 1.29 is 9.32 Å². The molecule has 0 saturated carbocycles. The van der Waals surface area contributed by atoms with Gasteiger partial charge in [-0.1, -0.05) is 37.8 Å². The van der Waals surface area contributed by atoms with Crippen LogP contribution in [0.15, 0.2) is 23.4 Å². The van der Waals surface area contributed by atoms with Crippen molar-refractivity contribution in [2.45, 2.75) is 52.6 Å². The molecule has 0 aliphatic carbocycles. The molecule has 0 fully saturated rings. The molecule has 0 bridgehead atoms. The lowest BCUT2D eigenvalue weighted by Gasteiger charge is -2.30. The van der Waals surface area contributed by atoms with Crippen LogP contribution >= 0.6 is 0 Å². The molecule has 1 aromatic rings. The molecule has 0 N–H and O–H groups in total. The fraction of sp³-hybridized carbons (Fsp3) is 0.500. The number of oxime groups is 1. The van der Waals surface area contributed by atoms with E-state index in [1.807, 2.05) is 4.57 Å². The number of amides is 1. The molecule has 2 rings (SSSR count). The number of anilines is 1. The molecule has 0 atom stereocenters. The molecule has 1 heterocycles. The second-order valence-corrected chi connectivity index (χ2v) is 16.9. The summed E-state index contributed by atoms with van der Waals surface area (Å²) in [6, 6.07) is 6.24. The molecule has 0 spiro atoms. The smallest absolute Gasteiger partial charge is 0.278 e. The molecule has 120 valence electrons. The number of hydrogen-bond acceptors (Lipinski definition) is 3. The van der Waals surface area contributed by atoms with Crippen LogP contribution in [0, 0.1) is 0 Å². The maximum atomic E-state index is 12.9. The second-order valence-electron chi connectivity index (χ2n) is 7.66. The number of carbonyl (C=O) groups is 1. The highest BCUT2D eigenvalue weighted by molar-refractivity contribution is 6.87. The summed E-state index contributed by atoms with van der Waals surface area (Å²) in [7, 11) is -3.64. The summed E-state index contributed by atoms with van der Waals surface area (Å²) in [4.78, 5) is 12.9. The molecule has 1 aliphatic rings. The minimum Gasteiger partial charge on any atom is -0.455 e. The van der Waals surface area contributed by atoms with Gasteiger partial charge in [0, 0.05) is 11.3 Å². The highest BCUT2D eigenvalue weighted by Crippen LogP contribution is 2.34. The molecule has 1 aliphatic heterocycles. The summed E-state index contributed by atoms with van der Waals surface area (Å²) < 4.78 is 7.62. The van der Waals surface area contributed by atoms with Crippen molar-refractivity contribution in [2.75, 3.05) is 4.57 Å². The summed E-state index contributed by atoms with van der Waals surface area (Å²) in [6.45, 7) is 14.8. The minimum atomic E-state index is -1.82. The van der Waals surface area contributed by atoms with Crippen LogP contribution in [0.4, 0.5) is 5.69 Å². The van der Waals surface area contributed by atoms with Gasteiger partial charge in [0.25, 0.3) is 14.2 Å². The van der Waals surface area contributed by atoms with Gasteiger partial charge in [-0.2, -0.15) is 0 Å². The van der Waals surface area contributed by atoms with Crippen molar-refractivity contribution in [2.24, 2.45) is 5.16 Å². The van der Waals surface area contributed by atoms with Crippen LogP contribution in [-0.4, -0.2) is 28.2 Å². The minimum absolute atomic E-state index is 0.0133. The summed E-state index contributed by atoms with van der Waals surface area (Å²) in [5.74, 6) is -0.0133. The molecule has 0 radical (unpaired) electrons. The van der Waals surface area contributed by atoms with E-state index in [0.29, 0.717) is 5.71 Å². The Morgan fingerprint density at radius 3 is 2.27 bits per heavy atom. The van der Waals surface area contributed by atoms with E-state index in [9.17, 15) is 4.79 Å². The highest BCUT2D eigenvalue weighted by Gasteiger charge is 2.41. The third kappa shape index (κ3) is 3.33. The van der Waals surface area contributed by atoms with E-state index >= 15 is 0 Å². The van der Waals surface area contributed by atoms with E-state index in [0.717, 1.165) is 17.7 Å². The summed E-state index contributed by atoms with van der Waals surface area (Å²) in [5.41, 5.74) is 3.59.